The number of piperazine rings is 1. The number of rotatable bonds is 3. The van der Waals surface area contributed by atoms with Crippen molar-refractivity contribution < 1.29 is 14.3 Å². The van der Waals surface area contributed by atoms with E-state index in [1.165, 1.54) is 0 Å². The molecule has 1 heterocycles. The number of methoxy groups -OCH3 is 1. The first kappa shape index (κ1) is 19.3. The number of benzene rings is 1. The van der Waals surface area contributed by atoms with Crippen LogP contribution < -0.4 is 4.74 Å². The first-order chi connectivity index (χ1) is 11.6. The van der Waals surface area contributed by atoms with E-state index in [2.05, 4.69) is 13.8 Å². The van der Waals surface area contributed by atoms with Crippen LogP contribution in [0, 0.1) is 5.41 Å². The van der Waals surface area contributed by atoms with E-state index in [0.29, 0.717) is 31.7 Å². The number of hydrogen-bond donors (Lipinski definition) is 0. The lowest BCUT2D eigenvalue weighted by molar-refractivity contribution is -0.140. The van der Waals surface area contributed by atoms with Crippen LogP contribution in [0.25, 0.3) is 0 Å². The van der Waals surface area contributed by atoms with Crippen LogP contribution >= 0.6 is 0 Å². The van der Waals surface area contributed by atoms with E-state index in [1.54, 1.807) is 7.11 Å². The van der Waals surface area contributed by atoms with Crippen LogP contribution in [-0.2, 0) is 4.79 Å². The van der Waals surface area contributed by atoms with Gasteiger partial charge in [-0.25, -0.2) is 0 Å². The van der Waals surface area contributed by atoms with E-state index in [0.717, 1.165) is 11.3 Å². The zero-order chi connectivity index (χ0) is 18.8. The van der Waals surface area contributed by atoms with Gasteiger partial charge in [-0.15, -0.1) is 0 Å². The summed E-state index contributed by atoms with van der Waals surface area (Å²) < 4.78 is 5.39. The molecule has 0 N–H and O–H groups in total. The largest absolute Gasteiger partial charge is 0.496 e. The second-order valence-electron chi connectivity index (χ2n) is 7.95. The molecule has 0 saturated carbocycles. The van der Waals surface area contributed by atoms with Crippen LogP contribution in [0.4, 0.5) is 0 Å². The van der Waals surface area contributed by atoms with E-state index >= 15 is 0 Å². The molecule has 1 saturated heterocycles. The molecular weight excluding hydrogens is 316 g/mol. The molecule has 1 fully saturated rings. The molecule has 0 bridgehead atoms. The van der Waals surface area contributed by atoms with Crippen LogP contribution in [0.2, 0.25) is 0 Å². The molecule has 0 aliphatic carbocycles. The van der Waals surface area contributed by atoms with Gasteiger partial charge in [-0.1, -0.05) is 34.6 Å². The molecule has 0 atom stereocenters. The second kappa shape index (κ2) is 7.46. The highest BCUT2D eigenvalue weighted by Gasteiger charge is 2.31. The summed E-state index contributed by atoms with van der Waals surface area (Å²) in [5.74, 6) is 1.26. The number of carbonyl (C=O) groups excluding carboxylic acids is 2. The molecule has 0 aromatic heterocycles. The average molecular weight is 346 g/mol. The molecule has 138 valence electrons. The molecule has 5 nitrogen and oxygen atoms in total. The van der Waals surface area contributed by atoms with Gasteiger partial charge in [0.15, 0.2) is 0 Å². The third-order valence-electron chi connectivity index (χ3n) is 4.59. The zero-order valence-electron chi connectivity index (χ0n) is 16.3. The maximum atomic E-state index is 12.8. The minimum Gasteiger partial charge on any atom is -0.496 e. The molecule has 5 heteroatoms. The van der Waals surface area contributed by atoms with E-state index in [9.17, 15) is 9.59 Å². The normalized spacial score (nSPS) is 15.5. The predicted molar refractivity (Wildman–Crippen MR) is 99.0 cm³/mol. The summed E-state index contributed by atoms with van der Waals surface area (Å²) in [5, 5.41) is 0. The second-order valence-corrected chi connectivity index (χ2v) is 7.95. The highest BCUT2D eigenvalue weighted by molar-refractivity contribution is 5.95. The summed E-state index contributed by atoms with van der Waals surface area (Å²) in [7, 11) is 1.65. The monoisotopic (exact) mass is 346 g/mol. The summed E-state index contributed by atoms with van der Waals surface area (Å²) in [5.41, 5.74) is 1.34. The molecule has 2 rings (SSSR count). The van der Waals surface area contributed by atoms with Crippen LogP contribution in [0.1, 0.15) is 56.5 Å². The Morgan fingerprint density at radius 3 is 2.08 bits per heavy atom. The van der Waals surface area contributed by atoms with Gasteiger partial charge in [0.05, 0.1) is 7.11 Å². The Balaban J connectivity index is 2.08. The fourth-order valence-corrected chi connectivity index (χ4v) is 3.09. The van der Waals surface area contributed by atoms with Gasteiger partial charge in [-0.3, -0.25) is 9.59 Å². The van der Waals surface area contributed by atoms with Crippen LogP contribution in [0.5, 0.6) is 5.75 Å². The molecule has 0 unspecified atom stereocenters. The number of amides is 2. The minimum absolute atomic E-state index is 0.0208. The SMILES string of the molecule is COc1ccc(C(=O)N2CCN(C(=O)C(C)(C)C)CC2)cc1C(C)C. The maximum absolute atomic E-state index is 12.8. The Morgan fingerprint density at radius 1 is 1.04 bits per heavy atom. The number of ether oxygens (including phenoxy) is 1. The Hall–Kier alpha value is -2.04. The lowest BCUT2D eigenvalue weighted by Gasteiger charge is -2.37. The molecule has 1 aromatic rings. The van der Waals surface area contributed by atoms with Crippen molar-refractivity contribution in [1.82, 2.24) is 9.80 Å². The van der Waals surface area contributed by atoms with Gasteiger partial charge in [-0.05, 0) is 29.7 Å². The number of hydrogen-bond acceptors (Lipinski definition) is 3. The van der Waals surface area contributed by atoms with Crippen LogP contribution in [-0.4, -0.2) is 54.9 Å². The van der Waals surface area contributed by atoms with Gasteiger partial charge >= 0.3 is 0 Å². The van der Waals surface area contributed by atoms with E-state index < -0.39 is 0 Å². The molecule has 25 heavy (non-hydrogen) atoms. The Bertz CT molecular complexity index is 639. The van der Waals surface area contributed by atoms with Gasteiger partial charge in [0, 0.05) is 37.2 Å². The van der Waals surface area contributed by atoms with Crippen LogP contribution in [0.3, 0.4) is 0 Å². The van der Waals surface area contributed by atoms with Crippen molar-refractivity contribution in [3.05, 3.63) is 29.3 Å². The standard InChI is InChI=1S/C20H30N2O3/c1-14(2)16-13-15(7-8-17(16)25-6)18(23)21-9-11-22(12-10-21)19(24)20(3,4)5/h7-8,13-14H,9-12H2,1-6H3. The highest BCUT2D eigenvalue weighted by Crippen LogP contribution is 2.28. The van der Waals surface area contributed by atoms with Crippen molar-refractivity contribution >= 4 is 11.8 Å². The van der Waals surface area contributed by atoms with Crippen molar-refractivity contribution in [2.45, 2.75) is 40.5 Å². The topological polar surface area (TPSA) is 49.9 Å². The van der Waals surface area contributed by atoms with E-state index in [1.807, 2.05) is 48.8 Å². The molecular formula is C20H30N2O3. The summed E-state index contributed by atoms with van der Waals surface area (Å²) in [6, 6.07) is 5.61. The molecule has 1 aromatic carbocycles. The smallest absolute Gasteiger partial charge is 0.253 e. The van der Waals surface area contributed by atoms with Crippen LogP contribution in [0.15, 0.2) is 18.2 Å². The molecule has 0 radical (unpaired) electrons. The van der Waals surface area contributed by atoms with Crippen molar-refractivity contribution in [2.75, 3.05) is 33.3 Å². The molecule has 1 aliphatic heterocycles. The fraction of sp³-hybridized carbons (Fsp3) is 0.600. The van der Waals surface area contributed by atoms with Gasteiger partial charge in [0.25, 0.3) is 5.91 Å². The summed E-state index contributed by atoms with van der Waals surface area (Å²) in [4.78, 5) is 28.9. The number of carbonyl (C=O) groups is 2. The predicted octanol–water partition coefficient (Wildman–Crippen LogP) is 3.15. The highest BCUT2D eigenvalue weighted by atomic mass is 16.5. The molecule has 0 spiro atoms. The molecule has 2 amide bonds. The Labute approximate surface area is 150 Å². The van der Waals surface area contributed by atoms with E-state index in [-0.39, 0.29) is 23.1 Å². The fourth-order valence-electron chi connectivity index (χ4n) is 3.09. The van der Waals surface area contributed by atoms with Gasteiger partial charge in [0.1, 0.15) is 5.75 Å². The average Bonchev–Trinajstić information content (AvgIpc) is 2.59. The van der Waals surface area contributed by atoms with Crippen molar-refractivity contribution in [1.29, 1.82) is 0 Å². The summed E-state index contributed by atoms with van der Waals surface area (Å²) >= 11 is 0. The number of nitrogens with zero attached hydrogens (tertiary/aromatic N) is 2. The van der Waals surface area contributed by atoms with Gasteiger partial charge < -0.3 is 14.5 Å². The quantitative estimate of drug-likeness (QED) is 0.845. The first-order valence-corrected chi connectivity index (χ1v) is 8.91. The lowest BCUT2D eigenvalue weighted by Crippen LogP contribution is -2.53. The first-order valence-electron chi connectivity index (χ1n) is 8.91. The third-order valence-corrected chi connectivity index (χ3v) is 4.59. The Kier molecular flexibility index (Phi) is 5.76. The minimum atomic E-state index is -0.381. The van der Waals surface area contributed by atoms with Gasteiger partial charge in [0.2, 0.25) is 5.91 Å². The van der Waals surface area contributed by atoms with E-state index in [4.69, 9.17) is 4.74 Å². The van der Waals surface area contributed by atoms with Crippen molar-refractivity contribution in [2.24, 2.45) is 5.41 Å². The summed E-state index contributed by atoms with van der Waals surface area (Å²) in [6.07, 6.45) is 0. The maximum Gasteiger partial charge on any atom is 0.253 e. The van der Waals surface area contributed by atoms with Crippen molar-refractivity contribution in [3.63, 3.8) is 0 Å². The van der Waals surface area contributed by atoms with Crippen molar-refractivity contribution in [3.8, 4) is 5.75 Å². The Morgan fingerprint density at radius 2 is 1.60 bits per heavy atom. The molecule has 1 aliphatic rings. The lowest BCUT2D eigenvalue weighted by atomic mass is 9.94. The zero-order valence-corrected chi connectivity index (χ0v) is 16.3. The third kappa shape index (κ3) is 4.33. The van der Waals surface area contributed by atoms with Gasteiger partial charge in [-0.2, -0.15) is 0 Å². The summed E-state index contributed by atoms with van der Waals surface area (Å²) in [6.45, 7) is 12.3.